The number of ether oxygens (including phenoxy) is 1. The molecule has 0 saturated heterocycles. The Labute approximate surface area is 161 Å². The Balaban J connectivity index is 2.80. The summed E-state index contributed by atoms with van der Waals surface area (Å²) in [4.78, 5) is 36.0. The summed E-state index contributed by atoms with van der Waals surface area (Å²) in [5.74, 6) is -2.42. The van der Waals surface area contributed by atoms with Crippen molar-refractivity contribution in [1.29, 1.82) is 0 Å². The molecule has 1 rings (SSSR count). The number of hydrogen-bond acceptors (Lipinski definition) is 5. The number of Topliss-reactive ketones (excluding diaryl/α,β-unsaturated/α-hetero) is 1. The van der Waals surface area contributed by atoms with Crippen LogP contribution in [-0.2, 0) is 25.5 Å². The molecule has 0 radical (unpaired) electrons. The number of benzene rings is 1. The molecule has 6 heteroatoms. The second-order valence-corrected chi connectivity index (χ2v) is 8.00. The largest absolute Gasteiger partial charge is 0.481 e. The summed E-state index contributed by atoms with van der Waals surface area (Å²) >= 11 is 0. The molecule has 0 bridgehead atoms. The first-order valence-electron chi connectivity index (χ1n) is 9.22. The van der Waals surface area contributed by atoms with E-state index in [0.717, 1.165) is 12.0 Å². The molecule has 0 heterocycles. The van der Waals surface area contributed by atoms with Gasteiger partial charge in [-0.05, 0) is 30.4 Å². The molecular weight excluding hydrogens is 346 g/mol. The second kappa shape index (κ2) is 10.8. The molecule has 0 aromatic heterocycles. The van der Waals surface area contributed by atoms with Crippen molar-refractivity contribution < 1.29 is 24.2 Å². The molecule has 0 fully saturated rings. The van der Waals surface area contributed by atoms with Gasteiger partial charge in [0, 0.05) is 6.42 Å². The summed E-state index contributed by atoms with van der Waals surface area (Å²) in [6.07, 6.45) is 0.826. The van der Waals surface area contributed by atoms with Crippen LogP contribution in [0.25, 0.3) is 0 Å². The number of nitrogens with one attached hydrogen (secondary N) is 1. The quantitative estimate of drug-likeness (QED) is 0.576. The van der Waals surface area contributed by atoms with E-state index in [1.165, 1.54) is 7.11 Å². The summed E-state index contributed by atoms with van der Waals surface area (Å²) in [6.45, 7) is 6.77. The van der Waals surface area contributed by atoms with E-state index < -0.39 is 23.9 Å². The van der Waals surface area contributed by atoms with Gasteiger partial charge in [-0.3, -0.25) is 14.4 Å². The number of ketones is 1. The Morgan fingerprint density at radius 1 is 1.11 bits per heavy atom. The zero-order valence-corrected chi connectivity index (χ0v) is 16.7. The molecule has 27 heavy (non-hydrogen) atoms. The lowest BCUT2D eigenvalue weighted by atomic mass is 9.90. The smallest absolute Gasteiger partial charge is 0.309 e. The molecule has 1 aromatic carbocycles. The second-order valence-electron chi connectivity index (χ2n) is 8.00. The fraction of sp³-hybridized carbons (Fsp3) is 0.571. The first-order valence-corrected chi connectivity index (χ1v) is 9.22. The van der Waals surface area contributed by atoms with Gasteiger partial charge >= 0.3 is 11.9 Å². The van der Waals surface area contributed by atoms with Crippen molar-refractivity contribution in [3.63, 3.8) is 0 Å². The molecular formula is C21H31NO5. The Kier molecular flexibility index (Phi) is 9.15. The average Bonchev–Trinajstić information content (AvgIpc) is 2.59. The van der Waals surface area contributed by atoms with Gasteiger partial charge < -0.3 is 15.2 Å². The third-order valence-corrected chi connectivity index (χ3v) is 4.34. The van der Waals surface area contributed by atoms with E-state index in [2.05, 4.69) is 26.1 Å². The molecule has 2 N–H and O–H groups in total. The fourth-order valence-corrected chi connectivity index (χ4v) is 2.79. The van der Waals surface area contributed by atoms with Crippen molar-refractivity contribution >= 4 is 17.7 Å². The first-order chi connectivity index (χ1) is 12.6. The van der Waals surface area contributed by atoms with E-state index in [0.29, 0.717) is 13.0 Å². The normalized spacial score (nSPS) is 13.6. The predicted octanol–water partition coefficient (Wildman–Crippen LogP) is 2.85. The van der Waals surface area contributed by atoms with Gasteiger partial charge in [0.2, 0.25) is 0 Å². The van der Waals surface area contributed by atoms with Gasteiger partial charge in [-0.25, -0.2) is 0 Å². The lowest BCUT2D eigenvalue weighted by Crippen LogP contribution is -2.41. The van der Waals surface area contributed by atoms with Crippen LogP contribution in [0.3, 0.4) is 0 Å². The van der Waals surface area contributed by atoms with Gasteiger partial charge in [-0.1, -0.05) is 51.1 Å². The highest BCUT2D eigenvalue weighted by atomic mass is 16.5. The van der Waals surface area contributed by atoms with Crippen LogP contribution in [0, 0.1) is 11.3 Å². The fourth-order valence-electron chi connectivity index (χ4n) is 2.79. The monoisotopic (exact) mass is 377 g/mol. The predicted molar refractivity (Wildman–Crippen MR) is 103 cm³/mol. The lowest BCUT2D eigenvalue weighted by Gasteiger charge is -2.22. The number of carboxylic acids is 1. The summed E-state index contributed by atoms with van der Waals surface area (Å²) < 4.78 is 4.84. The highest BCUT2D eigenvalue weighted by Crippen LogP contribution is 2.19. The van der Waals surface area contributed by atoms with Crippen molar-refractivity contribution in [3.8, 4) is 0 Å². The van der Waals surface area contributed by atoms with Gasteiger partial charge in [-0.2, -0.15) is 0 Å². The van der Waals surface area contributed by atoms with E-state index in [-0.39, 0.29) is 24.0 Å². The molecule has 2 unspecified atom stereocenters. The van der Waals surface area contributed by atoms with Crippen LogP contribution in [0.4, 0.5) is 0 Å². The standard InChI is InChI=1S/C21H31NO5/c1-21(2,3)10-11-22-17(14-19(24)25)18(23)13-16(20(26)27-4)12-15-8-6-5-7-9-15/h5-9,16-17,22H,10-14H2,1-4H3,(H,24,25). The minimum Gasteiger partial charge on any atom is -0.481 e. The molecule has 0 aliphatic rings. The van der Waals surface area contributed by atoms with Gasteiger partial charge in [0.1, 0.15) is 0 Å². The van der Waals surface area contributed by atoms with Crippen LogP contribution in [0.5, 0.6) is 0 Å². The van der Waals surface area contributed by atoms with Gasteiger partial charge in [0.15, 0.2) is 5.78 Å². The number of esters is 1. The Morgan fingerprint density at radius 2 is 1.74 bits per heavy atom. The molecule has 0 aliphatic heterocycles. The highest BCUT2D eigenvalue weighted by molar-refractivity contribution is 5.90. The molecule has 0 aliphatic carbocycles. The molecule has 0 saturated carbocycles. The van der Waals surface area contributed by atoms with Crippen LogP contribution in [-0.4, -0.2) is 42.5 Å². The molecule has 0 amide bonds. The maximum atomic E-state index is 12.7. The van der Waals surface area contributed by atoms with Crippen LogP contribution in [0.15, 0.2) is 30.3 Å². The lowest BCUT2D eigenvalue weighted by molar-refractivity contribution is -0.147. The highest BCUT2D eigenvalue weighted by Gasteiger charge is 2.28. The summed E-state index contributed by atoms with van der Waals surface area (Å²) in [6, 6.07) is 8.57. The average molecular weight is 377 g/mol. The minimum absolute atomic E-state index is 0.0535. The number of carboxylic acid groups (broad SMARTS) is 1. The number of aliphatic carboxylic acids is 1. The van der Waals surface area contributed by atoms with Gasteiger partial charge in [0.05, 0.1) is 25.5 Å². The number of hydrogen-bond donors (Lipinski definition) is 2. The maximum absolute atomic E-state index is 12.7. The molecule has 1 aromatic rings. The number of methoxy groups -OCH3 is 1. The molecule has 0 spiro atoms. The third-order valence-electron chi connectivity index (χ3n) is 4.34. The van der Waals surface area contributed by atoms with Crippen molar-refractivity contribution in [1.82, 2.24) is 5.32 Å². The third kappa shape index (κ3) is 9.33. The Morgan fingerprint density at radius 3 is 2.26 bits per heavy atom. The number of rotatable bonds is 11. The zero-order valence-electron chi connectivity index (χ0n) is 16.7. The van der Waals surface area contributed by atoms with E-state index in [9.17, 15) is 14.4 Å². The molecule has 2 atom stereocenters. The topological polar surface area (TPSA) is 92.7 Å². The van der Waals surface area contributed by atoms with Crippen molar-refractivity contribution in [2.75, 3.05) is 13.7 Å². The summed E-state index contributed by atoms with van der Waals surface area (Å²) in [5, 5.41) is 12.2. The van der Waals surface area contributed by atoms with Crippen LogP contribution >= 0.6 is 0 Å². The Bertz CT molecular complexity index is 621. The SMILES string of the molecule is COC(=O)C(CC(=O)C(CC(=O)O)NCCC(C)(C)C)Cc1ccccc1. The first kappa shape index (κ1) is 22.8. The van der Waals surface area contributed by atoms with E-state index in [1.807, 2.05) is 30.3 Å². The van der Waals surface area contributed by atoms with Crippen LogP contribution in [0.1, 0.15) is 45.6 Å². The molecule has 6 nitrogen and oxygen atoms in total. The van der Waals surface area contributed by atoms with Crippen LogP contribution < -0.4 is 5.32 Å². The summed E-state index contributed by atoms with van der Waals surface area (Å²) in [5.41, 5.74) is 1.00. The van der Waals surface area contributed by atoms with Crippen LogP contribution in [0.2, 0.25) is 0 Å². The number of carbonyl (C=O) groups excluding carboxylic acids is 2. The number of carbonyl (C=O) groups is 3. The summed E-state index contributed by atoms with van der Waals surface area (Å²) in [7, 11) is 1.29. The van der Waals surface area contributed by atoms with E-state index in [4.69, 9.17) is 9.84 Å². The molecule has 150 valence electrons. The van der Waals surface area contributed by atoms with Gasteiger partial charge in [-0.15, -0.1) is 0 Å². The van der Waals surface area contributed by atoms with E-state index in [1.54, 1.807) is 0 Å². The maximum Gasteiger partial charge on any atom is 0.309 e. The van der Waals surface area contributed by atoms with Gasteiger partial charge in [0.25, 0.3) is 0 Å². The zero-order chi connectivity index (χ0) is 20.4. The Hall–Kier alpha value is -2.21. The van der Waals surface area contributed by atoms with Crippen molar-refractivity contribution in [2.24, 2.45) is 11.3 Å². The van der Waals surface area contributed by atoms with E-state index >= 15 is 0 Å². The van der Waals surface area contributed by atoms with Crippen molar-refractivity contribution in [2.45, 2.75) is 52.5 Å². The minimum atomic E-state index is -1.05. The van der Waals surface area contributed by atoms with Crippen molar-refractivity contribution in [3.05, 3.63) is 35.9 Å².